The first-order chi connectivity index (χ1) is 9.29. The topological polar surface area (TPSA) is 52.6 Å². The Hall–Kier alpha value is -1.99. The molecular formula is C15H18N2O2. The van der Waals surface area contributed by atoms with Crippen LogP contribution < -0.4 is 5.32 Å². The fourth-order valence-electron chi connectivity index (χ4n) is 2.12. The van der Waals surface area contributed by atoms with Gasteiger partial charge in [0.15, 0.2) is 0 Å². The Kier molecular flexibility index (Phi) is 4.82. The number of rotatable bonds is 1. The molecule has 2 N–H and O–H groups in total. The maximum absolute atomic E-state index is 12.0. The summed E-state index contributed by atoms with van der Waals surface area (Å²) in [5.74, 6) is 5.41. The lowest BCUT2D eigenvalue weighted by Gasteiger charge is -2.26. The average Bonchev–Trinajstić information content (AvgIpc) is 2.46. The molecule has 1 heterocycles. The van der Waals surface area contributed by atoms with Gasteiger partial charge in [0.2, 0.25) is 0 Å². The Morgan fingerprint density at radius 3 is 2.84 bits per heavy atom. The summed E-state index contributed by atoms with van der Waals surface area (Å²) in [6, 6.07) is 7.29. The van der Waals surface area contributed by atoms with E-state index in [0.29, 0.717) is 0 Å². The Morgan fingerprint density at radius 1 is 1.32 bits per heavy atom. The molecule has 100 valence electrons. The summed E-state index contributed by atoms with van der Waals surface area (Å²) < 4.78 is 0. The maximum Gasteiger partial charge on any atom is 0.321 e. The summed E-state index contributed by atoms with van der Waals surface area (Å²) >= 11 is 0. The molecule has 0 atom stereocenters. The second-order valence-electron chi connectivity index (χ2n) is 4.52. The largest absolute Gasteiger partial charge is 0.384 e. The number of hydrogen-bond acceptors (Lipinski definition) is 2. The number of urea groups is 1. The highest BCUT2D eigenvalue weighted by Crippen LogP contribution is 2.13. The second-order valence-corrected chi connectivity index (χ2v) is 4.52. The fourth-order valence-corrected chi connectivity index (χ4v) is 2.12. The van der Waals surface area contributed by atoms with Crippen molar-refractivity contribution < 1.29 is 9.90 Å². The van der Waals surface area contributed by atoms with Crippen LogP contribution in [0.3, 0.4) is 0 Å². The number of benzene rings is 1. The number of likely N-dealkylation sites (tertiary alicyclic amines) is 1. The lowest BCUT2D eigenvalue weighted by Crippen LogP contribution is -2.38. The molecule has 0 saturated carbocycles. The molecule has 4 nitrogen and oxygen atoms in total. The zero-order valence-electron chi connectivity index (χ0n) is 10.9. The number of aliphatic hydroxyl groups excluding tert-OH is 1. The van der Waals surface area contributed by atoms with E-state index in [1.54, 1.807) is 0 Å². The number of piperidine rings is 1. The molecule has 4 heteroatoms. The van der Waals surface area contributed by atoms with E-state index in [1.165, 1.54) is 6.42 Å². The molecule has 1 aromatic carbocycles. The summed E-state index contributed by atoms with van der Waals surface area (Å²) in [5.41, 5.74) is 1.52. The van der Waals surface area contributed by atoms with Crippen molar-refractivity contribution in [2.24, 2.45) is 0 Å². The first kappa shape index (κ1) is 13.4. The van der Waals surface area contributed by atoms with Crippen LogP contribution in [0, 0.1) is 11.8 Å². The zero-order chi connectivity index (χ0) is 13.5. The van der Waals surface area contributed by atoms with Crippen molar-refractivity contribution in [1.82, 2.24) is 4.90 Å². The Labute approximate surface area is 113 Å². The van der Waals surface area contributed by atoms with Gasteiger partial charge in [0.1, 0.15) is 6.61 Å². The number of nitrogens with zero attached hydrogens (tertiary/aromatic N) is 1. The molecule has 0 spiro atoms. The molecule has 2 rings (SSSR count). The minimum Gasteiger partial charge on any atom is -0.384 e. The molecule has 1 aromatic rings. The van der Waals surface area contributed by atoms with E-state index in [0.717, 1.165) is 37.2 Å². The third-order valence-electron chi connectivity index (χ3n) is 3.07. The van der Waals surface area contributed by atoms with Crippen LogP contribution in [0.15, 0.2) is 24.3 Å². The van der Waals surface area contributed by atoms with Crippen molar-refractivity contribution in [3.8, 4) is 11.8 Å². The zero-order valence-corrected chi connectivity index (χ0v) is 10.9. The molecule has 1 aliphatic rings. The van der Waals surface area contributed by atoms with Gasteiger partial charge in [-0.05, 0) is 37.5 Å². The predicted octanol–water partition coefficient (Wildman–Crippen LogP) is 2.05. The third-order valence-corrected chi connectivity index (χ3v) is 3.07. The smallest absolute Gasteiger partial charge is 0.321 e. The van der Waals surface area contributed by atoms with Gasteiger partial charge in [-0.25, -0.2) is 4.79 Å². The molecule has 19 heavy (non-hydrogen) atoms. The SMILES string of the molecule is O=C(Nc1cccc(C#CCO)c1)N1CCCCC1. The van der Waals surface area contributed by atoms with E-state index in [9.17, 15) is 4.79 Å². The highest BCUT2D eigenvalue weighted by Gasteiger charge is 2.16. The minimum absolute atomic E-state index is 0.0491. The molecule has 0 aromatic heterocycles. The first-order valence-electron chi connectivity index (χ1n) is 6.55. The van der Waals surface area contributed by atoms with Crippen LogP contribution in [0.25, 0.3) is 0 Å². The van der Waals surface area contributed by atoms with Crippen LogP contribution >= 0.6 is 0 Å². The van der Waals surface area contributed by atoms with Crippen molar-refractivity contribution >= 4 is 11.7 Å². The highest BCUT2D eigenvalue weighted by atomic mass is 16.2. The van der Waals surface area contributed by atoms with Gasteiger partial charge in [-0.1, -0.05) is 17.9 Å². The van der Waals surface area contributed by atoms with Crippen LogP contribution in [0.4, 0.5) is 10.5 Å². The number of carbonyl (C=O) groups excluding carboxylic acids is 1. The number of hydrogen-bond donors (Lipinski definition) is 2. The van der Waals surface area contributed by atoms with Crippen molar-refractivity contribution in [2.75, 3.05) is 25.0 Å². The number of amides is 2. The Bertz CT molecular complexity index is 496. The van der Waals surface area contributed by atoms with Crippen molar-refractivity contribution in [2.45, 2.75) is 19.3 Å². The van der Waals surface area contributed by atoms with Gasteiger partial charge in [0, 0.05) is 24.3 Å². The van der Waals surface area contributed by atoms with Crippen LogP contribution in [0.5, 0.6) is 0 Å². The van der Waals surface area contributed by atoms with E-state index in [-0.39, 0.29) is 12.6 Å². The van der Waals surface area contributed by atoms with E-state index in [1.807, 2.05) is 29.2 Å². The molecule has 1 saturated heterocycles. The van der Waals surface area contributed by atoms with Gasteiger partial charge in [-0.15, -0.1) is 0 Å². The number of nitrogens with one attached hydrogen (secondary N) is 1. The summed E-state index contributed by atoms with van der Waals surface area (Å²) in [7, 11) is 0. The van der Waals surface area contributed by atoms with Crippen LogP contribution in [0.1, 0.15) is 24.8 Å². The molecule has 1 aliphatic heterocycles. The molecular weight excluding hydrogens is 240 g/mol. The van der Waals surface area contributed by atoms with Crippen LogP contribution in [-0.2, 0) is 0 Å². The van der Waals surface area contributed by atoms with E-state index in [2.05, 4.69) is 17.2 Å². The van der Waals surface area contributed by atoms with Crippen LogP contribution in [-0.4, -0.2) is 35.7 Å². The summed E-state index contributed by atoms with van der Waals surface area (Å²) in [6.45, 7) is 1.50. The van der Waals surface area contributed by atoms with E-state index < -0.39 is 0 Å². The van der Waals surface area contributed by atoms with Gasteiger partial charge in [0.05, 0.1) is 0 Å². The molecule has 0 bridgehead atoms. The van der Waals surface area contributed by atoms with Crippen molar-refractivity contribution in [3.05, 3.63) is 29.8 Å². The quantitative estimate of drug-likeness (QED) is 0.757. The number of anilines is 1. The maximum atomic E-state index is 12.0. The Balaban J connectivity index is 1.99. The fraction of sp³-hybridized carbons (Fsp3) is 0.400. The van der Waals surface area contributed by atoms with Gasteiger partial charge in [-0.3, -0.25) is 0 Å². The lowest BCUT2D eigenvalue weighted by molar-refractivity contribution is 0.200. The summed E-state index contributed by atoms with van der Waals surface area (Å²) in [6.07, 6.45) is 3.36. The van der Waals surface area contributed by atoms with E-state index >= 15 is 0 Å². The lowest BCUT2D eigenvalue weighted by atomic mass is 10.1. The molecule has 0 radical (unpaired) electrons. The Morgan fingerprint density at radius 2 is 2.11 bits per heavy atom. The molecule has 2 amide bonds. The monoisotopic (exact) mass is 258 g/mol. The van der Waals surface area contributed by atoms with Crippen LogP contribution in [0.2, 0.25) is 0 Å². The number of carbonyl (C=O) groups is 1. The minimum atomic E-state index is -0.162. The van der Waals surface area contributed by atoms with Gasteiger partial charge in [0.25, 0.3) is 0 Å². The van der Waals surface area contributed by atoms with Gasteiger partial charge >= 0.3 is 6.03 Å². The average molecular weight is 258 g/mol. The van der Waals surface area contributed by atoms with Gasteiger partial charge < -0.3 is 15.3 Å². The summed E-state index contributed by atoms with van der Waals surface area (Å²) in [4.78, 5) is 13.9. The predicted molar refractivity (Wildman–Crippen MR) is 74.8 cm³/mol. The molecule has 0 aliphatic carbocycles. The van der Waals surface area contributed by atoms with Gasteiger partial charge in [-0.2, -0.15) is 0 Å². The van der Waals surface area contributed by atoms with Crippen molar-refractivity contribution in [1.29, 1.82) is 0 Å². The number of aliphatic hydroxyl groups is 1. The molecule has 1 fully saturated rings. The normalized spacial score (nSPS) is 14.5. The highest BCUT2D eigenvalue weighted by molar-refractivity contribution is 5.89. The first-order valence-corrected chi connectivity index (χ1v) is 6.55. The van der Waals surface area contributed by atoms with Crippen molar-refractivity contribution in [3.63, 3.8) is 0 Å². The molecule has 0 unspecified atom stereocenters. The van der Waals surface area contributed by atoms with E-state index in [4.69, 9.17) is 5.11 Å². The third kappa shape index (κ3) is 4.01. The summed E-state index contributed by atoms with van der Waals surface area (Å²) in [5, 5.41) is 11.5. The standard InChI is InChI=1S/C15H18N2O2/c18-11-5-7-13-6-4-8-14(12-13)16-15(19)17-9-2-1-3-10-17/h4,6,8,12,18H,1-3,9-11H2,(H,16,19). The second kappa shape index (κ2) is 6.81.